The molecule has 146 valence electrons. The van der Waals surface area contributed by atoms with Crippen molar-refractivity contribution in [3.05, 3.63) is 71.3 Å². The van der Waals surface area contributed by atoms with Crippen molar-refractivity contribution < 1.29 is 0 Å². The van der Waals surface area contributed by atoms with Gasteiger partial charge >= 0.3 is 0 Å². The maximum Gasteiger partial charge on any atom is 0.0237 e. The van der Waals surface area contributed by atoms with Crippen molar-refractivity contribution in [2.45, 2.75) is 52.6 Å². The third-order valence-corrected chi connectivity index (χ3v) is 5.47. The molecule has 0 radical (unpaired) electrons. The molecule has 2 heteroatoms. The normalized spacial score (nSPS) is 15.6. The van der Waals surface area contributed by atoms with E-state index in [1.165, 1.54) is 62.0 Å². The summed E-state index contributed by atoms with van der Waals surface area (Å²) >= 11 is 0. The molecule has 0 saturated carbocycles. The maximum atomic E-state index is 2.65. The van der Waals surface area contributed by atoms with Gasteiger partial charge in [0.15, 0.2) is 0 Å². The van der Waals surface area contributed by atoms with Crippen molar-refractivity contribution in [1.29, 1.82) is 0 Å². The second-order valence-corrected chi connectivity index (χ2v) is 8.52. The third kappa shape index (κ3) is 7.12. The lowest BCUT2D eigenvalue weighted by Gasteiger charge is -2.30. The topological polar surface area (TPSA) is 6.48 Å². The molecular formula is C25H36N2. The van der Waals surface area contributed by atoms with E-state index >= 15 is 0 Å². The molecule has 3 rings (SSSR count). The molecule has 0 N–H and O–H groups in total. The van der Waals surface area contributed by atoms with E-state index in [0.29, 0.717) is 5.92 Å². The quantitative estimate of drug-likeness (QED) is 0.590. The molecule has 1 aliphatic heterocycles. The lowest BCUT2D eigenvalue weighted by molar-refractivity contribution is 0.173. The van der Waals surface area contributed by atoms with Gasteiger partial charge in [0, 0.05) is 26.2 Å². The van der Waals surface area contributed by atoms with Gasteiger partial charge in [0.05, 0.1) is 0 Å². The number of likely N-dealkylation sites (tertiary alicyclic amines) is 1. The van der Waals surface area contributed by atoms with Crippen molar-refractivity contribution in [1.82, 2.24) is 9.80 Å². The van der Waals surface area contributed by atoms with Crippen LogP contribution in [0.1, 0.15) is 49.8 Å². The molecule has 0 spiro atoms. The van der Waals surface area contributed by atoms with Gasteiger partial charge in [0.25, 0.3) is 0 Å². The Morgan fingerprint density at radius 2 is 1.48 bits per heavy atom. The van der Waals surface area contributed by atoms with Crippen molar-refractivity contribution in [3.8, 4) is 0 Å². The van der Waals surface area contributed by atoms with E-state index in [-0.39, 0.29) is 0 Å². The Kier molecular flexibility index (Phi) is 7.92. The van der Waals surface area contributed by atoms with Gasteiger partial charge in [-0.05, 0) is 55.0 Å². The Bertz CT molecular complexity index is 659. The van der Waals surface area contributed by atoms with Gasteiger partial charge in [-0.3, -0.25) is 4.90 Å². The highest BCUT2D eigenvalue weighted by atomic mass is 15.2. The monoisotopic (exact) mass is 364 g/mol. The van der Waals surface area contributed by atoms with Crippen LogP contribution in [0.2, 0.25) is 0 Å². The Morgan fingerprint density at radius 1 is 0.815 bits per heavy atom. The van der Waals surface area contributed by atoms with Gasteiger partial charge in [-0.1, -0.05) is 74.9 Å². The number of benzene rings is 2. The minimum absolute atomic E-state index is 0.708. The first-order valence-corrected chi connectivity index (χ1v) is 10.8. The van der Waals surface area contributed by atoms with E-state index < -0.39 is 0 Å². The molecule has 1 heterocycles. The second-order valence-electron chi connectivity index (χ2n) is 8.52. The molecule has 0 bridgehead atoms. The largest absolute Gasteiger partial charge is 0.302 e. The van der Waals surface area contributed by atoms with E-state index in [1.54, 1.807) is 0 Å². The average molecular weight is 365 g/mol. The zero-order valence-electron chi connectivity index (χ0n) is 17.2. The van der Waals surface area contributed by atoms with E-state index in [2.05, 4.69) is 78.2 Å². The maximum absolute atomic E-state index is 2.65. The minimum atomic E-state index is 0.708. The third-order valence-electron chi connectivity index (χ3n) is 5.47. The Balaban J connectivity index is 1.64. The highest BCUT2D eigenvalue weighted by Gasteiger charge is 2.13. The van der Waals surface area contributed by atoms with E-state index in [1.807, 2.05) is 0 Å². The molecular weight excluding hydrogens is 328 g/mol. The van der Waals surface area contributed by atoms with Gasteiger partial charge in [0.1, 0.15) is 0 Å². The zero-order valence-corrected chi connectivity index (χ0v) is 17.2. The fourth-order valence-electron chi connectivity index (χ4n) is 4.11. The molecule has 0 atom stereocenters. The van der Waals surface area contributed by atoms with Crippen LogP contribution in [-0.2, 0) is 19.5 Å². The van der Waals surface area contributed by atoms with Crippen molar-refractivity contribution in [2.75, 3.05) is 26.2 Å². The van der Waals surface area contributed by atoms with Crippen LogP contribution >= 0.6 is 0 Å². The summed E-state index contributed by atoms with van der Waals surface area (Å²) in [5, 5.41) is 0. The number of hydrogen-bond acceptors (Lipinski definition) is 2. The zero-order chi connectivity index (χ0) is 18.9. The van der Waals surface area contributed by atoms with Crippen LogP contribution in [0.25, 0.3) is 0 Å². The smallest absolute Gasteiger partial charge is 0.0237 e. The summed E-state index contributed by atoms with van der Waals surface area (Å²) in [6.07, 6.45) is 5.32. The number of rotatable bonds is 9. The van der Waals surface area contributed by atoms with Crippen LogP contribution in [0.15, 0.2) is 54.6 Å². The summed E-state index contributed by atoms with van der Waals surface area (Å²) in [5.41, 5.74) is 4.33. The summed E-state index contributed by atoms with van der Waals surface area (Å²) < 4.78 is 0. The van der Waals surface area contributed by atoms with Crippen LogP contribution in [0.3, 0.4) is 0 Å². The summed E-state index contributed by atoms with van der Waals surface area (Å²) in [6.45, 7) is 11.6. The summed E-state index contributed by atoms with van der Waals surface area (Å²) in [7, 11) is 0. The van der Waals surface area contributed by atoms with E-state index in [0.717, 1.165) is 19.6 Å². The van der Waals surface area contributed by atoms with Crippen LogP contribution in [0.4, 0.5) is 0 Å². The Morgan fingerprint density at radius 3 is 2.22 bits per heavy atom. The Labute approximate surface area is 166 Å². The second kappa shape index (κ2) is 10.6. The highest BCUT2D eigenvalue weighted by molar-refractivity contribution is 5.24. The molecule has 2 nitrogen and oxygen atoms in total. The number of nitrogens with zero attached hydrogens (tertiary/aromatic N) is 2. The van der Waals surface area contributed by atoms with E-state index in [4.69, 9.17) is 0 Å². The molecule has 0 aromatic heterocycles. The first-order valence-electron chi connectivity index (χ1n) is 10.8. The molecule has 0 amide bonds. The SMILES string of the molecule is CC(C)Cc1cccc(CN(CCN2CCCCC2)Cc2ccccc2)c1. The fraction of sp³-hybridized carbons (Fsp3) is 0.520. The molecule has 1 fully saturated rings. The van der Waals surface area contributed by atoms with Crippen molar-refractivity contribution in [2.24, 2.45) is 5.92 Å². The van der Waals surface area contributed by atoms with Crippen LogP contribution in [0, 0.1) is 5.92 Å². The average Bonchev–Trinajstić information content (AvgIpc) is 2.67. The molecule has 0 unspecified atom stereocenters. The van der Waals surface area contributed by atoms with Gasteiger partial charge in [-0.15, -0.1) is 0 Å². The molecule has 1 saturated heterocycles. The van der Waals surface area contributed by atoms with Crippen LogP contribution in [0.5, 0.6) is 0 Å². The van der Waals surface area contributed by atoms with E-state index in [9.17, 15) is 0 Å². The predicted octanol–water partition coefficient (Wildman–Crippen LogP) is 5.37. The molecule has 27 heavy (non-hydrogen) atoms. The first kappa shape index (κ1) is 20.1. The molecule has 0 aliphatic carbocycles. The van der Waals surface area contributed by atoms with Crippen molar-refractivity contribution in [3.63, 3.8) is 0 Å². The lowest BCUT2D eigenvalue weighted by Crippen LogP contribution is -2.37. The fourth-order valence-corrected chi connectivity index (χ4v) is 4.11. The van der Waals surface area contributed by atoms with Gasteiger partial charge in [-0.25, -0.2) is 0 Å². The molecule has 2 aromatic carbocycles. The summed E-state index contributed by atoms with van der Waals surface area (Å²) in [5.74, 6) is 0.708. The van der Waals surface area contributed by atoms with Crippen molar-refractivity contribution >= 4 is 0 Å². The Hall–Kier alpha value is -1.64. The molecule has 2 aromatic rings. The van der Waals surface area contributed by atoms with Gasteiger partial charge in [0.2, 0.25) is 0 Å². The molecule has 1 aliphatic rings. The van der Waals surface area contributed by atoms with Crippen LogP contribution < -0.4 is 0 Å². The number of piperidine rings is 1. The summed E-state index contributed by atoms with van der Waals surface area (Å²) in [6, 6.07) is 20.1. The van der Waals surface area contributed by atoms with Gasteiger partial charge < -0.3 is 4.90 Å². The lowest BCUT2D eigenvalue weighted by atomic mass is 10.0. The standard InChI is InChI=1S/C25H36N2/c1-22(2)18-24-12-9-13-25(19-24)21-27(20-23-10-5-3-6-11-23)17-16-26-14-7-4-8-15-26/h3,5-6,9-13,19,22H,4,7-8,14-18,20-21H2,1-2H3. The van der Waals surface area contributed by atoms with Gasteiger partial charge in [-0.2, -0.15) is 0 Å². The summed E-state index contributed by atoms with van der Waals surface area (Å²) in [4.78, 5) is 5.27. The first-order chi connectivity index (χ1) is 13.2. The number of hydrogen-bond donors (Lipinski definition) is 0. The minimum Gasteiger partial charge on any atom is -0.302 e. The predicted molar refractivity (Wildman–Crippen MR) is 116 cm³/mol. The highest BCUT2D eigenvalue weighted by Crippen LogP contribution is 2.15. The van der Waals surface area contributed by atoms with Crippen LogP contribution in [-0.4, -0.2) is 36.0 Å².